The number of anilines is 2. The van der Waals surface area contributed by atoms with Crippen LogP contribution in [0.1, 0.15) is 30.0 Å². The number of aliphatic carboxylic acids is 1. The second-order valence-electron chi connectivity index (χ2n) is 9.29. The fourth-order valence-corrected chi connectivity index (χ4v) is 6.93. The molecule has 1 aliphatic carbocycles. The Kier molecular flexibility index (Phi) is 8.93. The van der Waals surface area contributed by atoms with Crippen molar-refractivity contribution in [3.63, 3.8) is 0 Å². The van der Waals surface area contributed by atoms with Gasteiger partial charge in [0, 0.05) is 37.6 Å². The Hall–Kier alpha value is -2.94. The number of halogens is 5. The van der Waals surface area contributed by atoms with E-state index in [9.17, 15) is 21.6 Å². The number of likely N-dealkylation sites (N-methyl/N-ethyl adjacent to an activating group) is 1. The normalized spacial score (nSPS) is 19.1. The first-order valence-electron chi connectivity index (χ1n) is 12.0. The van der Waals surface area contributed by atoms with Gasteiger partial charge in [-0.25, -0.2) is 22.6 Å². The Morgan fingerprint density at radius 2 is 1.93 bits per heavy atom. The molecule has 0 saturated carbocycles. The maximum atomic E-state index is 15.1. The fraction of sp³-hybridized carbons (Fsp3) is 0.360. The Morgan fingerprint density at radius 3 is 2.58 bits per heavy atom. The lowest BCUT2D eigenvalue weighted by molar-refractivity contribution is -0.192. The number of hydrogen-bond donors (Lipinski definition) is 2. The van der Waals surface area contributed by atoms with Crippen molar-refractivity contribution in [2.45, 2.75) is 42.4 Å². The standard InChI is InChI=1S/C23H24ClFN4O2S2.C2HF3O2/c1-28(16-10-11-29(12-16)18-7-6-15-4-2-3-5-17(15)18)19-8-9-20(23(25)22(19)24)33(30,31)27-21-13-32-14-26-21;3-2(4,5)1(6)7/h2-5,8-9,13-14,16,18,27H,6-7,10-12H2,1H3;(H,6,7)/t16?,18-;/m0./s1. The number of rotatable bonds is 6. The Morgan fingerprint density at radius 1 is 1.23 bits per heavy atom. The maximum absolute atomic E-state index is 15.1. The highest BCUT2D eigenvalue weighted by atomic mass is 35.5. The molecule has 8 nitrogen and oxygen atoms in total. The number of aromatic nitrogens is 1. The summed E-state index contributed by atoms with van der Waals surface area (Å²) in [4.78, 5) is 16.8. The number of carboxylic acid groups (broad SMARTS) is 1. The lowest BCUT2D eigenvalue weighted by Gasteiger charge is -2.30. The molecule has 0 bridgehead atoms. The van der Waals surface area contributed by atoms with Gasteiger partial charge in [0.05, 0.1) is 11.2 Å². The topological polar surface area (TPSA) is 103 Å². The van der Waals surface area contributed by atoms with E-state index in [0.717, 1.165) is 32.4 Å². The van der Waals surface area contributed by atoms with E-state index in [2.05, 4.69) is 38.9 Å². The number of nitrogens with one attached hydrogen (secondary N) is 1. The molecular weight excluding hydrogens is 596 g/mol. The third kappa shape index (κ3) is 6.51. The van der Waals surface area contributed by atoms with Crippen LogP contribution in [0, 0.1) is 5.82 Å². The van der Waals surface area contributed by atoms with Crippen LogP contribution < -0.4 is 9.62 Å². The molecule has 2 N–H and O–H groups in total. The molecule has 2 heterocycles. The van der Waals surface area contributed by atoms with Crippen molar-refractivity contribution in [1.82, 2.24) is 9.88 Å². The molecule has 0 amide bonds. The number of aryl methyl sites for hydroxylation is 1. The minimum atomic E-state index is -5.08. The molecule has 1 saturated heterocycles. The van der Waals surface area contributed by atoms with Crippen molar-refractivity contribution in [3.8, 4) is 0 Å². The van der Waals surface area contributed by atoms with Gasteiger partial charge in [0.15, 0.2) is 11.6 Å². The third-order valence-electron chi connectivity index (χ3n) is 6.89. The zero-order valence-electron chi connectivity index (χ0n) is 21.0. The number of likely N-dealkylation sites (tertiary alicyclic amines) is 1. The van der Waals surface area contributed by atoms with Crippen molar-refractivity contribution in [1.29, 1.82) is 0 Å². The number of sulfonamides is 1. The Labute approximate surface area is 237 Å². The molecule has 0 spiro atoms. The molecule has 5 rings (SSSR count). The van der Waals surface area contributed by atoms with E-state index in [1.165, 1.54) is 39.4 Å². The highest BCUT2D eigenvalue weighted by Crippen LogP contribution is 2.39. The van der Waals surface area contributed by atoms with Gasteiger partial charge in [-0.2, -0.15) is 13.2 Å². The number of thiazole rings is 1. The van der Waals surface area contributed by atoms with Crippen molar-refractivity contribution in [2.24, 2.45) is 0 Å². The molecule has 1 aliphatic heterocycles. The highest BCUT2D eigenvalue weighted by Gasteiger charge is 2.38. The van der Waals surface area contributed by atoms with Crippen LogP contribution in [0.3, 0.4) is 0 Å². The van der Waals surface area contributed by atoms with Crippen molar-refractivity contribution < 1.29 is 35.9 Å². The van der Waals surface area contributed by atoms with Crippen LogP contribution in [0.2, 0.25) is 5.02 Å². The summed E-state index contributed by atoms with van der Waals surface area (Å²) in [5, 5.41) is 8.47. The number of hydrogen-bond acceptors (Lipinski definition) is 7. The van der Waals surface area contributed by atoms with E-state index in [1.54, 1.807) is 6.07 Å². The van der Waals surface area contributed by atoms with Crippen LogP contribution in [-0.2, 0) is 21.2 Å². The number of carboxylic acids is 1. The third-order valence-corrected chi connectivity index (χ3v) is 9.21. The summed E-state index contributed by atoms with van der Waals surface area (Å²) in [5.74, 6) is -3.56. The van der Waals surface area contributed by atoms with E-state index in [1.807, 2.05) is 11.9 Å². The summed E-state index contributed by atoms with van der Waals surface area (Å²) in [6.45, 7) is 1.80. The summed E-state index contributed by atoms with van der Waals surface area (Å²) >= 11 is 7.59. The number of fused-ring (bicyclic) bond motifs is 1. The van der Waals surface area contributed by atoms with E-state index in [-0.39, 0.29) is 16.9 Å². The van der Waals surface area contributed by atoms with Gasteiger partial charge in [0.2, 0.25) is 0 Å². The minimum absolute atomic E-state index is 0.149. The fourth-order valence-electron chi connectivity index (χ4n) is 4.94. The predicted molar refractivity (Wildman–Crippen MR) is 144 cm³/mol. The Bertz CT molecular complexity index is 1470. The van der Waals surface area contributed by atoms with Gasteiger partial charge in [-0.05, 0) is 42.5 Å². The van der Waals surface area contributed by atoms with Gasteiger partial charge in [-0.1, -0.05) is 35.9 Å². The molecule has 2 aromatic carbocycles. The van der Waals surface area contributed by atoms with Crippen molar-refractivity contribution >= 4 is 50.4 Å². The second kappa shape index (κ2) is 11.9. The molecule has 1 aromatic heterocycles. The van der Waals surface area contributed by atoms with E-state index in [0.29, 0.717) is 11.7 Å². The highest BCUT2D eigenvalue weighted by molar-refractivity contribution is 7.92. The van der Waals surface area contributed by atoms with Crippen LogP contribution in [0.4, 0.5) is 29.1 Å². The Balaban J connectivity index is 0.000000470. The lowest BCUT2D eigenvalue weighted by atomic mass is 10.1. The SMILES string of the molecule is CN(c1ccc(S(=O)(=O)Nc2cscn2)c(F)c1Cl)C1CCN([C@H]2CCc3ccccc32)C1.O=C(O)C(F)(F)F. The van der Waals surface area contributed by atoms with Gasteiger partial charge in [0.1, 0.15) is 9.92 Å². The predicted octanol–water partition coefficient (Wildman–Crippen LogP) is 5.57. The van der Waals surface area contributed by atoms with Gasteiger partial charge in [-0.15, -0.1) is 11.3 Å². The number of nitrogens with zero attached hydrogens (tertiary/aromatic N) is 3. The van der Waals surface area contributed by atoms with Crippen LogP contribution in [0.15, 0.2) is 52.2 Å². The second-order valence-corrected chi connectivity index (χ2v) is 12.0. The quantitative estimate of drug-likeness (QED) is 0.348. The van der Waals surface area contributed by atoms with E-state index >= 15 is 4.39 Å². The molecule has 40 heavy (non-hydrogen) atoms. The van der Waals surface area contributed by atoms with Crippen molar-refractivity contribution in [3.05, 3.63) is 69.3 Å². The molecule has 1 fully saturated rings. The summed E-state index contributed by atoms with van der Waals surface area (Å²) in [5.41, 5.74) is 4.81. The van der Waals surface area contributed by atoms with Gasteiger partial charge < -0.3 is 10.0 Å². The average molecular weight is 621 g/mol. The summed E-state index contributed by atoms with van der Waals surface area (Å²) in [7, 11) is -2.25. The molecule has 3 aromatic rings. The van der Waals surface area contributed by atoms with Crippen LogP contribution in [0.5, 0.6) is 0 Å². The zero-order chi connectivity index (χ0) is 29.2. The summed E-state index contributed by atoms with van der Waals surface area (Å²) < 4.78 is 74.4. The monoisotopic (exact) mass is 620 g/mol. The van der Waals surface area contributed by atoms with Gasteiger partial charge in [-0.3, -0.25) is 9.62 Å². The smallest absolute Gasteiger partial charge is 0.475 e. The largest absolute Gasteiger partial charge is 0.490 e. The molecule has 216 valence electrons. The maximum Gasteiger partial charge on any atom is 0.490 e. The lowest BCUT2D eigenvalue weighted by Crippen LogP contribution is -2.35. The molecule has 2 atom stereocenters. The van der Waals surface area contributed by atoms with Crippen LogP contribution in [0.25, 0.3) is 0 Å². The van der Waals surface area contributed by atoms with Crippen LogP contribution in [-0.4, -0.2) is 61.7 Å². The molecule has 0 radical (unpaired) electrons. The molecule has 2 aliphatic rings. The summed E-state index contributed by atoms with van der Waals surface area (Å²) in [6, 6.07) is 12.0. The summed E-state index contributed by atoms with van der Waals surface area (Å²) in [6.07, 6.45) is -1.94. The number of alkyl halides is 3. The number of carbonyl (C=O) groups is 1. The average Bonchev–Trinajstić information content (AvgIpc) is 3.65. The number of benzene rings is 2. The van der Waals surface area contributed by atoms with Crippen molar-refractivity contribution in [2.75, 3.05) is 29.8 Å². The van der Waals surface area contributed by atoms with Crippen LogP contribution >= 0.6 is 22.9 Å². The minimum Gasteiger partial charge on any atom is -0.475 e. The molecule has 1 unspecified atom stereocenters. The first kappa shape index (κ1) is 30.0. The van der Waals surface area contributed by atoms with Gasteiger partial charge in [0.25, 0.3) is 10.0 Å². The van der Waals surface area contributed by atoms with E-state index in [4.69, 9.17) is 21.5 Å². The first-order valence-corrected chi connectivity index (χ1v) is 14.8. The molecule has 15 heteroatoms. The van der Waals surface area contributed by atoms with Gasteiger partial charge >= 0.3 is 12.1 Å². The molecular formula is C25H25ClF4N4O4S2. The van der Waals surface area contributed by atoms with E-state index < -0.39 is 32.9 Å². The zero-order valence-corrected chi connectivity index (χ0v) is 23.4. The first-order chi connectivity index (χ1) is 18.8.